The van der Waals surface area contributed by atoms with Crippen LogP contribution in [0.4, 0.5) is 5.69 Å². The summed E-state index contributed by atoms with van der Waals surface area (Å²) in [6.07, 6.45) is 0. The van der Waals surface area contributed by atoms with Gasteiger partial charge in [-0.3, -0.25) is 0 Å². The first-order chi connectivity index (χ1) is 31.2. The van der Waals surface area contributed by atoms with Crippen LogP contribution in [-0.2, 0) is 5.41 Å². The van der Waals surface area contributed by atoms with Gasteiger partial charge in [0.25, 0.3) is 0 Å². The third kappa shape index (κ3) is 5.81. The summed E-state index contributed by atoms with van der Waals surface area (Å²) in [5.41, 5.74) is 21.2. The number of benzene rings is 9. The highest BCUT2D eigenvalue weighted by Crippen LogP contribution is 2.64. The van der Waals surface area contributed by atoms with Crippen molar-refractivity contribution in [3.63, 3.8) is 0 Å². The minimum Gasteiger partial charge on any atom is -0.238 e. The quantitative estimate of drug-likeness (QED) is 0.157. The molecule has 3 heteroatoms. The van der Waals surface area contributed by atoms with E-state index >= 15 is 0 Å². The molecule has 0 N–H and O–H groups in total. The van der Waals surface area contributed by atoms with Crippen LogP contribution in [0.5, 0.6) is 0 Å². The minimum absolute atomic E-state index is 0.498. The average molecular weight is 800 g/mol. The molecule has 0 aliphatic heterocycles. The van der Waals surface area contributed by atoms with E-state index in [2.05, 4.69) is 211 Å². The summed E-state index contributed by atoms with van der Waals surface area (Å²) in [5.74, 6) is 0.661. The maximum absolute atomic E-state index is 8.28. The molecule has 0 saturated heterocycles. The average Bonchev–Trinajstić information content (AvgIpc) is 3.84. The van der Waals surface area contributed by atoms with Crippen molar-refractivity contribution in [3.8, 4) is 89.5 Å². The lowest BCUT2D eigenvalue weighted by Crippen LogP contribution is -2.25. The minimum atomic E-state index is -0.498. The summed E-state index contributed by atoms with van der Waals surface area (Å²) >= 11 is 0. The highest BCUT2D eigenvalue weighted by Gasteiger charge is 2.51. The Morgan fingerprint density at radius 3 is 1.38 bits per heavy atom. The molecule has 1 spiro atoms. The van der Waals surface area contributed by atoms with Crippen LogP contribution in [0.2, 0.25) is 0 Å². The number of hydrogen-bond acceptors (Lipinski definition) is 2. The van der Waals surface area contributed by atoms with Crippen molar-refractivity contribution in [1.82, 2.24) is 9.97 Å². The zero-order valence-corrected chi connectivity index (χ0v) is 34.2. The molecule has 0 fully saturated rings. The molecule has 10 aromatic rings. The van der Waals surface area contributed by atoms with Gasteiger partial charge in [0.05, 0.1) is 23.4 Å². The fourth-order valence-corrected chi connectivity index (χ4v) is 10.1. The van der Waals surface area contributed by atoms with Crippen LogP contribution in [0, 0.1) is 6.57 Å². The van der Waals surface area contributed by atoms with Gasteiger partial charge in [-0.1, -0.05) is 194 Å². The molecule has 0 radical (unpaired) electrons. The van der Waals surface area contributed by atoms with E-state index in [1.165, 1.54) is 33.4 Å². The predicted octanol–water partition coefficient (Wildman–Crippen LogP) is 15.4. The van der Waals surface area contributed by atoms with Gasteiger partial charge in [0.1, 0.15) is 0 Å². The van der Waals surface area contributed by atoms with Crippen LogP contribution in [-0.4, -0.2) is 9.97 Å². The monoisotopic (exact) mass is 799 g/mol. The summed E-state index contributed by atoms with van der Waals surface area (Å²) in [6, 6.07) is 79.5. The zero-order valence-electron chi connectivity index (χ0n) is 34.2. The summed E-state index contributed by atoms with van der Waals surface area (Å²) in [6.45, 7) is 8.28. The molecule has 0 atom stereocenters. The summed E-state index contributed by atoms with van der Waals surface area (Å²) < 4.78 is 0. The lowest BCUT2D eigenvalue weighted by atomic mass is 9.70. The number of fused-ring (bicyclic) bond motifs is 10. The van der Waals surface area contributed by atoms with Crippen molar-refractivity contribution in [2.45, 2.75) is 5.41 Å². The number of hydrogen-bond donors (Lipinski definition) is 0. The second kappa shape index (κ2) is 14.6. The standard InChI is InChI=1S/C60H37N3/c1-61-55-27-15-26-54-58(55)50-37-44(32-33-53(50)60(54)51-24-13-11-22-48(51)49-23-12-14-25-52(49)60)41-28-30-43(31-29-41)59-62-56(42-20-9-4-10-21-42)38-57(63-59)47-35-45(39-16-5-2-6-17-39)34-46(36-47)40-18-7-3-8-19-40/h2-38H. The largest absolute Gasteiger partial charge is 0.238 e. The van der Waals surface area contributed by atoms with Crippen LogP contribution in [0.25, 0.3) is 94.4 Å². The smallest absolute Gasteiger partial charge is 0.195 e. The fraction of sp³-hybridized carbons (Fsp3) is 0.0167. The maximum atomic E-state index is 8.28. The molecular formula is C60H37N3. The van der Waals surface area contributed by atoms with Gasteiger partial charge in [-0.05, 0) is 108 Å². The number of nitrogens with zero attached hydrogens (tertiary/aromatic N) is 3. The molecule has 9 aromatic carbocycles. The van der Waals surface area contributed by atoms with E-state index in [-0.39, 0.29) is 0 Å². The van der Waals surface area contributed by atoms with E-state index in [9.17, 15) is 0 Å². The van der Waals surface area contributed by atoms with Crippen molar-refractivity contribution < 1.29 is 0 Å². The van der Waals surface area contributed by atoms with Gasteiger partial charge in [-0.15, -0.1) is 0 Å². The van der Waals surface area contributed by atoms with Gasteiger partial charge in [-0.2, -0.15) is 0 Å². The third-order valence-electron chi connectivity index (χ3n) is 12.9. The van der Waals surface area contributed by atoms with Gasteiger partial charge in [0.2, 0.25) is 0 Å². The number of aromatic nitrogens is 2. The molecule has 12 rings (SSSR count). The Morgan fingerprint density at radius 1 is 0.317 bits per heavy atom. The van der Waals surface area contributed by atoms with Gasteiger partial charge in [-0.25, -0.2) is 14.8 Å². The predicted molar refractivity (Wildman–Crippen MR) is 257 cm³/mol. The maximum Gasteiger partial charge on any atom is 0.195 e. The SMILES string of the molecule is [C-]#[N+]c1cccc2c1-c1cc(-c3ccc(-c4nc(-c5ccccc5)cc(-c5cc(-c6ccccc6)cc(-c6ccccc6)c5)n4)cc3)ccc1C21c2ccccc2-c2ccccc21. The van der Waals surface area contributed by atoms with Gasteiger partial charge in [0.15, 0.2) is 11.5 Å². The second-order valence-electron chi connectivity index (χ2n) is 16.3. The van der Waals surface area contributed by atoms with Crippen LogP contribution in [0.15, 0.2) is 224 Å². The summed E-state index contributed by atoms with van der Waals surface area (Å²) in [7, 11) is 0. The van der Waals surface area contributed by atoms with Gasteiger partial charge < -0.3 is 0 Å². The van der Waals surface area contributed by atoms with Gasteiger partial charge >= 0.3 is 0 Å². The molecule has 2 aliphatic rings. The van der Waals surface area contributed by atoms with Crippen LogP contribution in [0.3, 0.4) is 0 Å². The lowest BCUT2D eigenvalue weighted by molar-refractivity contribution is 0.794. The van der Waals surface area contributed by atoms with E-state index < -0.39 is 5.41 Å². The summed E-state index contributed by atoms with van der Waals surface area (Å²) in [5, 5.41) is 0. The first kappa shape index (κ1) is 36.4. The Balaban J connectivity index is 0.980. The Morgan fingerprint density at radius 2 is 0.778 bits per heavy atom. The van der Waals surface area contributed by atoms with Gasteiger partial charge in [0, 0.05) is 16.7 Å². The van der Waals surface area contributed by atoms with Crippen molar-refractivity contribution in [3.05, 3.63) is 258 Å². The molecule has 3 nitrogen and oxygen atoms in total. The Bertz CT molecular complexity index is 3340. The topological polar surface area (TPSA) is 30.1 Å². The first-order valence-corrected chi connectivity index (χ1v) is 21.3. The van der Waals surface area contributed by atoms with E-state index in [0.29, 0.717) is 11.5 Å². The summed E-state index contributed by atoms with van der Waals surface area (Å²) in [4.78, 5) is 14.6. The Labute approximate surface area is 367 Å². The van der Waals surface area contributed by atoms with Crippen LogP contribution < -0.4 is 0 Å². The molecule has 0 bridgehead atoms. The molecular weight excluding hydrogens is 763 g/mol. The third-order valence-corrected chi connectivity index (χ3v) is 12.9. The van der Waals surface area contributed by atoms with Crippen molar-refractivity contribution >= 4 is 5.69 Å². The zero-order chi connectivity index (χ0) is 41.9. The Kier molecular flexibility index (Phi) is 8.45. The fourth-order valence-electron chi connectivity index (χ4n) is 10.1. The Hall–Kier alpha value is -8.45. The highest BCUT2D eigenvalue weighted by atomic mass is 14.9. The molecule has 0 saturated carbocycles. The van der Waals surface area contributed by atoms with Crippen LogP contribution >= 0.6 is 0 Å². The molecule has 2 aliphatic carbocycles. The highest BCUT2D eigenvalue weighted by molar-refractivity contribution is 6.00. The van der Waals surface area contributed by atoms with Crippen LogP contribution in [0.1, 0.15) is 22.3 Å². The second-order valence-corrected chi connectivity index (χ2v) is 16.3. The van der Waals surface area contributed by atoms with E-state index in [1.807, 2.05) is 18.2 Å². The molecule has 63 heavy (non-hydrogen) atoms. The van der Waals surface area contributed by atoms with E-state index in [0.717, 1.165) is 72.6 Å². The number of rotatable bonds is 6. The molecule has 0 unspecified atom stereocenters. The van der Waals surface area contributed by atoms with Crippen molar-refractivity contribution in [2.24, 2.45) is 0 Å². The molecule has 1 aromatic heterocycles. The van der Waals surface area contributed by atoms with E-state index in [1.54, 1.807) is 0 Å². The normalized spacial score (nSPS) is 12.6. The van der Waals surface area contributed by atoms with Crippen molar-refractivity contribution in [2.75, 3.05) is 0 Å². The first-order valence-electron chi connectivity index (χ1n) is 21.3. The van der Waals surface area contributed by atoms with Crippen molar-refractivity contribution in [1.29, 1.82) is 0 Å². The van der Waals surface area contributed by atoms with E-state index in [4.69, 9.17) is 16.5 Å². The molecule has 1 heterocycles. The lowest BCUT2D eigenvalue weighted by Gasteiger charge is -2.30. The molecule has 0 amide bonds. The molecule has 292 valence electrons.